The highest BCUT2D eigenvalue weighted by Crippen LogP contribution is 2.37. The summed E-state index contributed by atoms with van der Waals surface area (Å²) < 4.78 is 26.7. The molecule has 0 atom stereocenters. The van der Waals surface area contributed by atoms with Gasteiger partial charge in [-0.05, 0) is 74.2 Å². The van der Waals surface area contributed by atoms with Crippen LogP contribution in [0.4, 0.5) is 8.78 Å². The average Bonchev–Trinajstić information content (AvgIpc) is 2.34. The van der Waals surface area contributed by atoms with E-state index in [0.29, 0.717) is 11.5 Å². The molecule has 0 heterocycles. The van der Waals surface area contributed by atoms with Gasteiger partial charge in [-0.15, -0.1) is 0 Å². The molecule has 1 aromatic carbocycles. The minimum absolute atomic E-state index is 0.180. The van der Waals surface area contributed by atoms with E-state index in [1.54, 1.807) is 0 Å². The summed E-state index contributed by atoms with van der Waals surface area (Å²) in [6.45, 7) is 0.726. The van der Waals surface area contributed by atoms with Gasteiger partial charge in [0, 0.05) is 0 Å². The van der Waals surface area contributed by atoms with E-state index in [-0.39, 0.29) is 17.6 Å². The molecule has 1 aromatic rings. The van der Waals surface area contributed by atoms with Gasteiger partial charge in [-0.3, -0.25) is 0 Å². The lowest BCUT2D eigenvalue weighted by molar-refractivity contribution is 0.309. The van der Waals surface area contributed by atoms with Gasteiger partial charge >= 0.3 is 0 Å². The molecule has 0 spiro atoms. The van der Waals surface area contributed by atoms with Gasteiger partial charge in [-0.2, -0.15) is 0 Å². The number of halogens is 2. The van der Waals surface area contributed by atoms with Crippen LogP contribution in [0.15, 0.2) is 18.2 Å². The van der Waals surface area contributed by atoms with Crippen LogP contribution in [0.2, 0.25) is 0 Å². The molecular weight excluding hydrogens is 220 g/mol. The number of hydrogen-bond acceptors (Lipinski definition) is 1. The number of hydrogen-bond donors (Lipinski definition) is 1. The Kier molecular flexibility index (Phi) is 4.11. The molecule has 0 amide bonds. The summed E-state index contributed by atoms with van der Waals surface area (Å²) in [4.78, 5) is 0. The van der Waals surface area contributed by atoms with Crippen molar-refractivity contribution in [2.75, 3.05) is 6.54 Å². The standard InChI is InChI=1S/C14H19F2N/c15-12-5-6-14(16)13(9-12)11-3-1-10(2-4-11)7-8-17/h5-6,9-11H,1-4,7-8,17H2. The molecule has 1 fully saturated rings. The Morgan fingerprint density at radius 2 is 1.82 bits per heavy atom. The first-order valence-corrected chi connectivity index (χ1v) is 6.35. The van der Waals surface area contributed by atoms with Crippen LogP contribution in [0.5, 0.6) is 0 Å². The van der Waals surface area contributed by atoms with Crippen molar-refractivity contribution < 1.29 is 8.78 Å². The fraction of sp³-hybridized carbons (Fsp3) is 0.571. The van der Waals surface area contributed by atoms with E-state index < -0.39 is 0 Å². The zero-order valence-electron chi connectivity index (χ0n) is 9.96. The minimum Gasteiger partial charge on any atom is -0.330 e. The molecule has 0 radical (unpaired) electrons. The summed E-state index contributed by atoms with van der Waals surface area (Å²) in [6, 6.07) is 3.76. The maximum absolute atomic E-state index is 13.6. The number of nitrogens with two attached hydrogens (primary N) is 1. The minimum atomic E-state index is -0.342. The van der Waals surface area contributed by atoms with Crippen LogP contribution in [0, 0.1) is 17.6 Å². The van der Waals surface area contributed by atoms with Gasteiger partial charge in [0.25, 0.3) is 0 Å². The zero-order chi connectivity index (χ0) is 12.3. The van der Waals surface area contributed by atoms with Gasteiger partial charge in [0.1, 0.15) is 11.6 Å². The Labute approximate surface area is 101 Å². The van der Waals surface area contributed by atoms with Crippen LogP contribution in [-0.4, -0.2) is 6.54 Å². The van der Waals surface area contributed by atoms with E-state index in [1.807, 2.05) is 0 Å². The molecule has 17 heavy (non-hydrogen) atoms. The van der Waals surface area contributed by atoms with Crippen LogP contribution < -0.4 is 5.73 Å². The van der Waals surface area contributed by atoms with Crippen molar-refractivity contribution in [2.24, 2.45) is 11.7 Å². The fourth-order valence-electron chi connectivity index (χ4n) is 2.83. The summed E-state index contributed by atoms with van der Waals surface area (Å²) in [5, 5.41) is 0. The summed E-state index contributed by atoms with van der Waals surface area (Å²) >= 11 is 0. The molecule has 2 rings (SSSR count). The Balaban J connectivity index is 2.02. The lowest BCUT2D eigenvalue weighted by atomic mass is 9.77. The Hall–Kier alpha value is -0.960. The third-order valence-electron chi connectivity index (χ3n) is 3.82. The Bertz CT molecular complexity index is 370. The lowest BCUT2D eigenvalue weighted by Crippen LogP contribution is -2.17. The number of benzene rings is 1. The normalized spacial score (nSPS) is 24.9. The third-order valence-corrected chi connectivity index (χ3v) is 3.82. The molecular formula is C14H19F2N. The van der Waals surface area contributed by atoms with E-state index in [9.17, 15) is 8.78 Å². The van der Waals surface area contributed by atoms with Gasteiger partial charge < -0.3 is 5.73 Å². The van der Waals surface area contributed by atoms with E-state index >= 15 is 0 Å². The van der Waals surface area contributed by atoms with Crippen LogP contribution in [0.3, 0.4) is 0 Å². The molecule has 2 N–H and O–H groups in total. The second kappa shape index (κ2) is 5.58. The van der Waals surface area contributed by atoms with Gasteiger partial charge in [-0.1, -0.05) is 0 Å². The fourth-order valence-corrected chi connectivity index (χ4v) is 2.83. The summed E-state index contributed by atoms with van der Waals surface area (Å²) in [7, 11) is 0. The molecule has 0 bridgehead atoms. The van der Waals surface area contributed by atoms with Crippen molar-refractivity contribution in [3.63, 3.8) is 0 Å². The molecule has 0 unspecified atom stereocenters. The van der Waals surface area contributed by atoms with Gasteiger partial charge in [-0.25, -0.2) is 8.78 Å². The molecule has 3 heteroatoms. The highest BCUT2D eigenvalue weighted by molar-refractivity contribution is 5.23. The molecule has 0 saturated heterocycles. The van der Waals surface area contributed by atoms with E-state index in [4.69, 9.17) is 5.73 Å². The molecule has 1 nitrogen and oxygen atoms in total. The molecule has 94 valence electrons. The molecule has 1 aliphatic carbocycles. The predicted molar refractivity (Wildman–Crippen MR) is 64.7 cm³/mol. The molecule has 0 aromatic heterocycles. The molecule has 1 aliphatic rings. The summed E-state index contributed by atoms with van der Waals surface area (Å²) in [6.07, 6.45) is 5.12. The predicted octanol–water partition coefficient (Wildman–Crippen LogP) is 3.59. The van der Waals surface area contributed by atoms with Crippen LogP contribution in [0.25, 0.3) is 0 Å². The monoisotopic (exact) mass is 239 g/mol. The van der Waals surface area contributed by atoms with Crippen molar-refractivity contribution in [3.05, 3.63) is 35.4 Å². The maximum atomic E-state index is 13.6. The second-order valence-corrected chi connectivity index (χ2v) is 4.96. The van der Waals surface area contributed by atoms with Crippen molar-refractivity contribution in [1.82, 2.24) is 0 Å². The topological polar surface area (TPSA) is 26.0 Å². The van der Waals surface area contributed by atoms with Gasteiger partial charge in [0.2, 0.25) is 0 Å². The zero-order valence-corrected chi connectivity index (χ0v) is 9.96. The van der Waals surface area contributed by atoms with E-state index in [1.165, 1.54) is 18.2 Å². The van der Waals surface area contributed by atoms with Crippen molar-refractivity contribution >= 4 is 0 Å². The van der Waals surface area contributed by atoms with Gasteiger partial charge in [0.15, 0.2) is 0 Å². The summed E-state index contributed by atoms with van der Waals surface area (Å²) in [5.41, 5.74) is 6.09. The second-order valence-electron chi connectivity index (χ2n) is 4.96. The van der Waals surface area contributed by atoms with Crippen LogP contribution in [0.1, 0.15) is 43.6 Å². The largest absolute Gasteiger partial charge is 0.330 e. The van der Waals surface area contributed by atoms with E-state index in [0.717, 1.165) is 38.6 Å². The van der Waals surface area contributed by atoms with Crippen molar-refractivity contribution in [1.29, 1.82) is 0 Å². The SMILES string of the molecule is NCCC1CCC(c2cc(F)ccc2F)CC1. The lowest BCUT2D eigenvalue weighted by Gasteiger charge is -2.28. The van der Waals surface area contributed by atoms with Gasteiger partial charge in [0.05, 0.1) is 0 Å². The molecule has 1 saturated carbocycles. The molecule has 0 aliphatic heterocycles. The van der Waals surface area contributed by atoms with Crippen LogP contribution >= 0.6 is 0 Å². The van der Waals surface area contributed by atoms with Crippen molar-refractivity contribution in [2.45, 2.75) is 38.0 Å². The average molecular weight is 239 g/mol. The number of rotatable bonds is 3. The van der Waals surface area contributed by atoms with E-state index in [2.05, 4.69) is 0 Å². The highest BCUT2D eigenvalue weighted by atomic mass is 19.1. The Morgan fingerprint density at radius 1 is 1.12 bits per heavy atom. The quantitative estimate of drug-likeness (QED) is 0.857. The first-order valence-electron chi connectivity index (χ1n) is 6.35. The first kappa shape index (κ1) is 12.5. The van der Waals surface area contributed by atoms with Crippen molar-refractivity contribution in [3.8, 4) is 0 Å². The smallest absolute Gasteiger partial charge is 0.126 e. The maximum Gasteiger partial charge on any atom is 0.126 e. The van der Waals surface area contributed by atoms with Crippen LogP contribution in [-0.2, 0) is 0 Å². The highest BCUT2D eigenvalue weighted by Gasteiger charge is 2.24. The summed E-state index contributed by atoms with van der Waals surface area (Å²) in [5.74, 6) is 0.242. The Morgan fingerprint density at radius 3 is 2.47 bits per heavy atom. The third kappa shape index (κ3) is 3.03. The first-order chi connectivity index (χ1) is 8.20.